The number of pyridine rings is 1. The summed E-state index contributed by atoms with van der Waals surface area (Å²) in [6.45, 7) is 7.94. The molecule has 3 aromatic heterocycles. The Morgan fingerprint density at radius 3 is 2.49 bits per heavy atom. The average Bonchev–Trinajstić information content (AvgIpc) is 3.16. The summed E-state index contributed by atoms with van der Waals surface area (Å²) in [5.74, 6) is 1.79. The minimum Gasteiger partial charge on any atom is -0.468 e. The van der Waals surface area contributed by atoms with E-state index < -0.39 is 29.2 Å². The van der Waals surface area contributed by atoms with E-state index in [1.165, 1.54) is 29.5 Å². The Hall–Kier alpha value is -7.25. The molecule has 19 nitrogen and oxygen atoms in total. The summed E-state index contributed by atoms with van der Waals surface area (Å²) in [6, 6.07) is 11.4. The highest BCUT2D eigenvalue weighted by Gasteiger charge is 2.50. The smallest absolute Gasteiger partial charge is 0.409 e. The van der Waals surface area contributed by atoms with Gasteiger partial charge >= 0.3 is 17.8 Å². The lowest BCUT2D eigenvalue weighted by atomic mass is 9.88. The first-order valence-corrected chi connectivity index (χ1v) is 28.9. The Balaban J connectivity index is 0.674. The zero-order valence-electron chi connectivity index (χ0n) is 46.8. The first kappa shape index (κ1) is 55.3. The predicted molar refractivity (Wildman–Crippen MR) is 303 cm³/mol. The van der Waals surface area contributed by atoms with Crippen molar-refractivity contribution in [3.05, 3.63) is 81.9 Å². The van der Waals surface area contributed by atoms with Gasteiger partial charge in [-0.2, -0.15) is 9.97 Å². The number of nitrogens with one attached hydrogen (secondary N) is 1. The molecule has 3 amide bonds. The van der Waals surface area contributed by atoms with Gasteiger partial charge < -0.3 is 38.8 Å². The highest BCUT2D eigenvalue weighted by Crippen LogP contribution is 2.44. The number of rotatable bonds is 14. The fraction of sp³-hybridized carbons (Fsp3) is 0.525. The zero-order valence-corrected chi connectivity index (χ0v) is 46.8. The molecule has 0 bridgehead atoms. The molecule has 6 aliphatic heterocycles. The molecule has 0 radical (unpaired) electrons. The van der Waals surface area contributed by atoms with Crippen LogP contribution in [-0.2, 0) is 26.1 Å². The molecule has 21 heteroatoms. The van der Waals surface area contributed by atoms with E-state index in [0.717, 1.165) is 83.1 Å². The molecule has 0 spiro atoms. The standard InChI is InChI=1S/C61H70F2N10O9/c1-5-43-46(62)10-8-40-28-42(82-36-79-4)30-44(51(40)43)53-52(63)54-45(31-64-53)55(71-22-6-19-60(2,78)34-71)67-57(66-54)81-35-61-20-7-23-72(61)41(14-21-61)33-80-59(77)70-26-15-37(16-27-70)32-69-24-17-38(18-25-69)39-9-11-47-49(29-39)68(3)58(76)73(47)48-12-13-50(74)65-56(48)75/h1,8-11,28-31,37-38,41,48,78H,6-7,12-27,32-36H2,2-4H3,(H,65,74,75)/t41-,48?,60+,61-/m0/s1. The number of β-amino-alcohol motifs (C(OH)–C–C–N with tert-alkyl or cyclic N) is 1. The second kappa shape index (κ2) is 22.5. The maximum atomic E-state index is 17.5. The number of nitrogens with zero attached hydrogens (tertiary/aromatic N) is 9. The highest BCUT2D eigenvalue weighted by molar-refractivity contribution is 6.03. The van der Waals surface area contributed by atoms with Gasteiger partial charge in [-0.3, -0.25) is 33.9 Å². The third kappa shape index (κ3) is 10.5. The van der Waals surface area contributed by atoms with Crippen LogP contribution in [0.2, 0.25) is 0 Å². The van der Waals surface area contributed by atoms with Gasteiger partial charge in [0.25, 0.3) is 0 Å². The number of imide groups is 1. The number of aryl methyl sites for hydroxylation is 1. The molecule has 432 valence electrons. The van der Waals surface area contributed by atoms with E-state index >= 15 is 8.78 Å². The van der Waals surface area contributed by atoms with Crippen LogP contribution < -0.4 is 25.4 Å². The number of terminal acetylenes is 1. The van der Waals surface area contributed by atoms with E-state index in [1.54, 1.807) is 36.7 Å². The molecule has 9 heterocycles. The second-order valence-corrected chi connectivity index (χ2v) is 23.7. The number of aliphatic hydroxyl groups is 1. The molecule has 12 rings (SSSR count). The number of hydrogen-bond acceptors (Lipinski definition) is 15. The van der Waals surface area contributed by atoms with Crippen LogP contribution in [0.25, 0.3) is 44.0 Å². The number of imidazole rings is 1. The van der Waals surface area contributed by atoms with Gasteiger partial charge in [0.1, 0.15) is 47.9 Å². The maximum absolute atomic E-state index is 17.5. The number of halogens is 2. The van der Waals surface area contributed by atoms with Gasteiger partial charge in [-0.1, -0.05) is 18.1 Å². The lowest BCUT2D eigenvalue weighted by molar-refractivity contribution is -0.135. The monoisotopic (exact) mass is 1120 g/mol. The molecular weight excluding hydrogens is 1050 g/mol. The van der Waals surface area contributed by atoms with Gasteiger partial charge in [0.2, 0.25) is 11.8 Å². The Morgan fingerprint density at radius 2 is 1.72 bits per heavy atom. The molecule has 6 fully saturated rings. The molecule has 3 aromatic carbocycles. The van der Waals surface area contributed by atoms with Gasteiger partial charge in [0.05, 0.1) is 33.1 Å². The van der Waals surface area contributed by atoms with E-state index in [1.807, 2.05) is 15.9 Å². The van der Waals surface area contributed by atoms with E-state index in [2.05, 4.69) is 38.2 Å². The second-order valence-electron chi connectivity index (χ2n) is 23.7. The van der Waals surface area contributed by atoms with Crippen LogP contribution in [0.15, 0.2) is 53.5 Å². The fourth-order valence-electron chi connectivity index (χ4n) is 14.1. The molecule has 0 saturated carbocycles. The number of carbonyl (C=O) groups excluding carboxylic acids is 3. The van der Waals surface area contributed by atoms with E-state index in [-0.39, 0.29) is 96.0 Å². The molecule has 82 heavy (non-hydrogen) atoms. The normalized spacial score (nSPS) is 24.1. The van der Waals surface area contributed by atoms with E-state index in [0.29, 0.717) is 78.6 Å². The Labute approximate surface area is 473 Å². The van der Waals surface area contributed by atoms with Crippen LogP contribution in [0.3, 0.4) is 0 Å². The van der Waals surface area contributed by atoms with Gasteiger partial charge in [-0.25, -0.2) is 18.4 Å². The van der Waals surface area contributed by atoms with Crippen molar-refractivity contribution in [2.75, 3.05) is 84.4 Å². The molecule has 6 aliphatic rings. The topological polar surface area (TPSA) is 199 Å². The zero-order chi connectivity index (χ0) is 57.0. The van der Waals surface area contributed by atoms with Gasteiger partial charge in [-0.05, 0) is 150 Å². The first-order valence-electron chi connectivity index (χ1n) is 28.9. The Kier molecular flexibility index (Phi) is 15.2. The van der Waals surface area contributed by atoms with Crippen molar-refractivity contribution in [3.8, 4) is 35.4 Å². The van der Waals surface area contributed by atoms with Crippen LogP contribution >= 0.6 is 0 Å². The molecule has 1 unspecified atom stereocenters. The minimum atomic E-state index is -1.02. The summed E-state index contributed by atoms with van der Waals surface area (Å²) in [4.78, 5) is 74.4. The number of fused-ring (bicyclic) bond motifs is 4. The number of anilines is 1. The molecule has 6 saturated heterocycles. The van der Waals surface area contributed by atoms with Crippen LogP contribution in [-0.4, -0.2) is 158 Å². The van der Waals surface area contributed by atoms with Crippen molar-refractivity contribution in [1.82, 2.24) is 44.1 Å². The number of ether oxygens (including phenoxy) is 4. The minimum absolute atomic E-state index is 0.00539. The Bertz CT molecular complexity index is 3590. The SMILES string of the molecule is C#Cc1c(F)ccc2cc(OCOC)cc(-c3ncc4c(N5CCC[C@@](C)(O)C5)nc(OC[C@@]56CCCN5[C@H](COC(=O)N5CCC(CN7CCC(c8ccc9c(c8)n(C)c(=O)n9C8CCC(=O)NC8=O)CC7)CC5)CC6)nc4c3F)c12. The quantitative estimate of drug-likeness (QED) is 0.0632. The molecular formula is C61H70F2N10O9. The number of aromatic nitrogens is 5. The van der Waals surface area contributed by atoms with Crippen LogP contribution in [0, 0.1) is 29.9 Å². The number of piperidine rings is 4. The molecule has 0 aliphatic carbocycles. The van der Waals surface area contributed by atoms with Gasteiger partial charge in [-0.15, -0.1) is 6.42 Å². The van der Waals surface area contributed by atoms with Crippen LogP contribution in [0.1, 0.15) is 107 Å². The van der Waals surface area contributed by atoms with Crippen molar-refractivity contribution in [2.45, 2.75) is 113 Å². The lowest BCUT2D eigenvalue weighted by Gasteiger charge is -2.38. The predicted octanol–water partition coefficient (Wildman–Crippen LogP) is 7.17. The van der Waals surface area contributed by atoms with E-state index in [9.17, 15) is 24.3 Å². The lowest BCUT2D eigenvalue weighted by Crippen LogP contribution is -2.49. The summed E-state index contributed by atoms with van der Waals surface area (Å²) in [7, 11) is 3.21. The summed E-state index contributed by atoms with van der Waals surface area (Å²) in [5, 5.41) is 14.7. The van der Waals surface area contributed by atoms with Crippen molar-refractivity contribution in [1.29, 1.82) is 0 Å². The number of carbonyl (C=O) groups is 3. The number of likely N-dealkylation sites (tertiary alicyclic amines) is 2. The Morgan fingerprint density at radius 1 is 0.915 bits per heavy atom. The number of hydrogen-bond donors (Lipinski definition) is 2. The van der Waals surface area contributed by atoms with Crippen molar-refractivity contribution >= 4 is 56.4 Å². The summed E-state index contributed by atoms with van der Waals surface area (Å²) < 4.78 is 59.5. The third-order valence-electron chi connectivity index (χ3n) is 18.4. The number of methoxy groups -OCH3 is 1. The van der Waals surface area contributed by atoms with E-state index in [4.69, 9.17) is 35.3 Å². The summed E-state index contributed by atoms with van der Waals surface area (Å²) >= 11 is 0. The third-order valence-corrected chi connectivity index (χ3v) is 18.4. The largest absolute Gasteiger partial charge is 0.468 e. The van der Waals surface area contributed by atoms with Crippen molar-refractivity contribution < 1.29 is 47.2 Å². The van der Waals surface area contributed by atoms with Gasteiger partial charge in [0, 0.05) is 76.5 Å². The average molecular weight is 1130 g/mol. The van der Waals surface area contributed by atoms with Crippen LogP contribution in [0.4, 0.5) is 19.4 Å². The fourth-order valence-corrected chi connectivity index (χ4v) is 14.1. The van der Waals surface area contributed by atoms with Crippen molar-refractivity contribution in [3.63, 3.8) is 0 Å². The number of benzene rings is 3. The summed E-state index contributed by atoms with van der Waals surface area (Å²) in [5.41, 5.74) is 0.977. The highest BCUT2D eigenvalue weighted by atomic mass is 19.1. The van der Waals surface area contributed by atoms with Gasteiger partial charge in [0.15, 0.2) is 12.6 Å². The molecule has 2 N–H and O–H groups in total. The van der Waals surface area contributed by atoms with Crippen molar-refractivity contribution in [2.24, 2.45) is 13.0 Å². The molecule has 4 atom stereocenters. The summed E-state index contributed by atoms with van der Waals surface area (Å²) in [6.07, 6.45) is 16.0. The van der Waals surface area contributed by atoms with Crippen LogP contribution in [0.5, 0.6) is 11.8 Å². The number of amides is 3. The maximum Gasteiger partial charge on any atom is 0.409 e. The molecule has 6 aromatic rings. The first-order chi connectivity index (χ1) is 39.6.